The molecule has 0 amide bonds. The van der Waals surface area contributed by atoms with Gasteiger partial charge in [0.1, 0.15) is 11.9 Å². The van der Waals surface area contributed by atoms with E-state index in [1.165, 1.54) is 11.3 Å². The van der Waals surface area contributed by atoms with Gasteiger partial charge in [-0.3, -0.25) is 0 Å². The summed E-state index contributed by atoms with van der Waals surface area (Å²) in [5.74, 6) is -0.282. The lowest BCUT2D eigenvalue weighted by Crippen LogP contribution is -2.26. The third-order valence-electron chi connectivity index (χ3n) is 3.18. The van der Waals surface area contributed by atoms with Crippen LogP contribution in [0.5, 0.6) is 5.75 Å². The Balaban J connectivity index is 2.22. The quantitative estimate of drug-likeness (QED) is 0.883. The first-order valence-corrected chi connectivity index (χ1v) is 7.02. The number of carboxylic acid groups (broad SMARTS) is 1. The zero-order valence-corrected chi connectivity index (χ0v) is 11.4. The van der Waals surface area contributed by atoms with Crippen molar-refractivity contribution in [3.05, 3.63) is 15.8 Å². The molecule has 1 heterocycles. The molecule has 1 aromatic heterocycles. The molecular formula is C13H18O4S. The highest BCUT2D eigenvalue weighted by Crippen LogP contribution is 2.36. The summed E-state index contributed by atoms with van der Waals surface area (Å²) in [5.41, 5.74) is 0. The predicted octanol–water partition coefficient (Wildman–Crippen LogP) is 2.86. The van der Waals surface area contributed by atoms with Crippen LogP contribution in [0.15, 0.2) is 6.07 Å². The average Bonchev–Trinajstić information content (AvgIpc) is 2.87. The van der Waals surface area contributed by atoms with Crippen LogP contribution >= 0.6 is 11.3 Å². The van der Waals surface area contributed by atoms with Crippen LogP contribution in [0.3, 0.4) is 0 Å². The van der Waals surface area contributed by atoms with Gasteiger partial charge in [-0.2, -0.15) is 0 Å². The van der Waals surface area contributed by atoms with Crippen molar-refractivity contribution in [1.82, 2.24) is 0 Å². The first kappa shape index (κ1) is 13.4. The van der Waals surface area contributed by atoms with Gasteiger partial charge in [-0.05, 0) is 31.2 Å². The van der Waals surface area contributed by atoms with Gasteiger partial charge >= 0.3 is 5.97 Å². The molecule has 1 aromatic rings. The van der Waals surface area contributed by atoms with E-state index in [2.05, 4.69) is 0 Å². The summed E-state index contributed by atoms with van der Waals surface area (Å²) in [7, 11) is 0. The minimum absolute atomic E-state index is 0.234. The Morgan fingerprint density at radius 2 is 2.22 bits per heavy atom. The third-order valence-corrected chi connectivity index (χ3v) is 4.58. The number of carboxylic acids is 1. The van der Waals surface area contributed by atoms with Crippen molar-refractivity contribution in [3.63, 3.8) is 0 Å². The maximum absolute atomic E-state index is 11.2. The Morgan fingerprint density at radius 1 is 1.50 bits per heavy atom. The molecule has 0 spiro atoms. The van der Waals surface area contributed by atoms with E-state index < -0.39 is 12.1 Å². The molecule has 0 bridgehead atoms. The second-order valence-corrected chi connectivity index (χ2v) is 6.04. The van der Waals surface area contributed by atoms with Crippen molar-refractivity contribution in [2.75, 3.05) is 0 Å². The van der Waals surface area contributed by atoms with Gasteiger partial charge in [-0.25, -0.2) is 4.79 Å². The largest absolute Gasteiger partial charge is 0.486 e. The van der Waals surface area contributed by atoms with E-state index in [1.54, 1.807) is 6.07 Å². The van der Waals surface area contributed by atoms with Gasteiger partial charge in [0, 0.05) is 4.88 Å². The van der Waals surface area contributed by atoms with Crippen molar-refractivity contribution in [1.29, 1.82) is 0 Å². The van der Waals surface area contributed by atoms with Crippen LogP contribution in [0.1, 0.15) is 53.6 Å². The molecule has 2 rings (SSSR count). The number of carbonyl (C=O) groups is 1. The molecule has 100 valence electrons. The van der Waals surface area contributed by atoms with E-state index in [1.807, 2.05) is 13.8 Å². The van der Waals surface area contributed by atoms with Crippen molar-refractivity contribution in [3.8, 4) is 5.75 Å². The average molecular weight is 270 g/mol. The zero-order valence-electron chi connectivity index (χ0n) is 10.5. The Labute approximate surface area is 110 Å². The predicted molar refractivity (Wildman–Crippen MR) is 69.6 cm³/mol. The highest BCUT2D eigenvalue weighted by molar-refractivity contribution is 7.14. The number of hydrogen-bond acceptors (Lipinski definition) is 4. The van der Waals surface area contributed by atoms with Gasteiger partial charge in [0.2, 0.25) is 0 Å². The van der Waals surface area contributed by atoms with Gasteiger partial charge < -0.3 is 14.9 Å². The minimum atomic E-state index is -0.964. The lowest BCUT2D eigenvalue weighted by Gasteiger charge is -2.16. The Bertz CT molecular complexity index is 438. The summed E-state index contributed by atoms with van der Waals surface area (Å²) in [5, 5.41) is 18.9. The maximum Gasteiger partial charge on any atom is 0.349 e. The molecule has 1 saturated carbocycles. The first-order chi connectivity index (χ1) is 8.49. The second kappa shape index (κ2) is 5.28. The standard InChI is InChI=1S/C13H18O4S/c1-7(2)11-6-10(12(18-11)13(15)16)17-9-5-3-4-8(9)14/h6-9,14H,3-5H2,1-2H3,(H,15,16). The van der Waals surface area contributed by atoms with Crippen molar-refractivity contribution in [2.45, 2.75) is 51.2 Å². The number of rotatable bonds is 4. The summed E-state index contributed by atoms with van der Waals surface area (Å²) < 4.78 is 5.69. The first-order valence-electron chi connectivity index (χ1n) is 6.20. The smallest absolute Gasteiger partial charge is 0.349 e. The normalized spacial score (nSPS) is 23.6. The van der Waals surface area contributed by atoms with Crippen molar-refractivity contribution in [2.24, 2.45) is 0 Å². The molecule has 5 heteroatoms. The summed E-state index contributed by atoms with van der Waals surface area (Å²) >= 11 is 1.25. The molecule has 2 N–H and O–H groups in total. The summed E-state index contributed by atoms with van der Waals surface area (Å²) in [6.07, 6.45) is 1.70. The fraction of sp³-hybridized carbons (Fsp3) is 0.615. The van der Waals surface area contributed by atoms with E-state index in [-0.39, 0.29) is 16.9 Å². The Hall–Kier alpha value is -1.07. The van der Waals surface area contributed by atoms with Gasteiger partial charge in [-0.1, -0.05) is 13.8 Å². The Kier molecular flexibility index (Phi) is 3.92. The highest BCUT2D eigenvalue weighted by Gasteiger charge is 2.29. The highest BCUT2D eigenvalue weighted by atomic mass is 32.1. The molecule has 4 nitrogen and oxygen atoms in total. The van der Waals surface area contributed by atoms with Gasteiger partial charge in [0.15, 0.2) is 4.88 Å². The van der Waals surface area contributed by atoms with E-state index >= 15 is 0 Å². The van der Waals surface area contributed by atoms with Crippen LogP contribution < -0.4 is 4.74 Å². The lowest BCUT2D eigenvalue weighted by atomic mass is 10.2. The molecule has 0 aliphatic heterocycles. The summed E-state index contributed by atoms with van der Waals surface area (Å²) in [6, 6.07) is 1.80. The second-order valence-electron chi connectivity index (χ2n) is 4.96. The molecule has 2 unspecified atom stereocenters. The number of aliphatic hydroxyl groups excluding tert-OH is 1. The number of thiophene rings is 1. The molecule has 2 atom stereocenters. The topological polar surface area (TPSA) is 66.8 Å². The minimum Gasteiger partial charge on any atom is -0.486 e. The fourth-order valence-electron chi connectivity index (χ4n) is 2.12. The summed E-state index contributed by atoms with van der Waals surface area (Å²) in [6.45, 7) is 4.04. The summed E-state index contributed by atoms with van der Waals surface area (Å²) in [4.78, 5) is 12.4. The van der Waals surface area contributed by atoms with Crippen molar-refractivity contribution < 1.29 is 19.7 Å². The molecule has 1 aliphatic rings. The molecule has 0 aromatic carbocycles. The van der Waals surface area contributed by atoms with Gasteiger partial charge in [0.05, 0.1) is 6.10 Å². The molecule has 0 radical (unpaired) electrons. The van der Waals surface area contributed by atoms with Crippen LogP contribution in [0, 0.1) is 0 Å². The lowest BCUT2D eigenvalue weighted by molar-refractivity contribution is 0.0567. The van der Waals surface area contributed by atoms with Crippen LogP contribution in [-0.2, 0) is 0 Å². The molecule has 0 saturated heterocycles. The molecule has 18 heavy (non-hydrogen) atoms. The number of aromatic carboxylic acids is 1. The molecule has 1 aliphatic carbocycles. The van der Waals surface area contributed by atoms with Crippen molar-refractivity contribution >= 4 is 17.3 Å². The van der Waals surface area contributed by atoms with E-state index in [9.17, 15) is 9.90 Å². The number of hydrogen-bond donors (Lipinski definition) is 2. The van der Waals surface area contributed by atoms with Gasteiger partial charge in [0.25, 0.3) is 0 Å². The van der Waals surface area contributed by atoms with Crippen LogP contribution in [-0.4, -0.2) is 28.4 Å². The van der Waals surface area contributed by atoms with Crippen LogP contribution in [0.25, 0.3) is 0 Å². The third kappa shape index (κ3) is 2.67. The number of ether oxygens (including phenoxy) is 1. The van der Waals surface area contributed by atoms with E-state index in [0.717, 1.165) is 24.1 Å². The fourth-order valence-corrected chi connectivity index (χ4v) is 3.05. The molecular weight excluding hydrogens is 252 g/mol. The monoisotopic (exact) mass is 270 g/mol. The van der Waals surface area contributed by atoms with E-state index in [4.69, 9.17) is 9.84 Å². The van der Waals surface area contributed by atoms with Crippen LogP contribution in [0.4, 0.5) is 0 Å². The molecule has 1 fully saturated rings. The maximum atomic E-state index is 11.2. The van der Waals surface area contributed by atoms with E-state index in [0.29, 0.717) is 5.75 Å². The SMILES string of the molecule is CC(C)c1cc(OC2CCCC2O)c(C(=O)O)s1. The zero-order chi connectivity index (χ0) is 13.3. The van der Waals surface area contributed by atoms with Crippen LogP contribution in [0.2, 0.25) is 0 Å². The van der Waals surface area contributed by atoms with Gasteiger partial charge in [-0.15, -0.1) is 11.3 Å². The number of aliphatic hydroxyl groups is 1. The Morgan fingerprint density at radius 3 is 2.72 bits per heavy atom.